The largest absolute Gasteiger partial charge is 0.493 e. The lowest BCUT2D eigenvalue weighted by atomic mass is 9.90. The molecule has 224 valence electrons. The van der Waals surface area contributed by atoms with Crippen molar-refractivity contribution in [2.75, 3.05) is 18.6 Å². The second kappa shape index (κ2) is 12.3. The zero-order chi connectivity index (χ0) is 30.2. The summed E-state index contributed by atoms with van der Waals surface area (Å²) in [5.74, 6) is 1.09. The van der Waals surface area contributed by atoms with Crippen LogP contribution in [-0.2, 0) is 32.1 Å². The molecule has 0 bridgehead atoms. The molecule has 5 rings (SSSR count). The van der Waals surface area contributed by atoms with Gasteiger partial charge in [-0.15, -0.1) is 0 Å². The Hall–Kier alpha value is -3.09. The first-order chi connectivity index (χ1) is 20.0. The third-order valence-electron chi connectivity index (χ3n) is 9.26. The number of benzene rings is 2. The van der Waals surface area contributed by atoms with Crippen LogP contribution in [0.3, 0.4) is 0 Å². The van der Waals surface area contributed by atoms with E-state index in [2.05, 4.69) is 69.8 Å². The van der Waals surface area contributed by atoms with E-state index in [1.54, 1.807) is 6.26 Å². The molecule has 0 amide bonds. The van der Waals surface area contributed by atoms with Gasteiger partial charge < -0.3 is 14.6 Å². The number of carboxylic acids is 1. The first kappa shape index (κ1) is 30.4. The van der Waals surface area contributed by atoms with Gasteiger partial charge in [-0.3, -0.25) is 9.00 Å². The smallest absolute Gasteiger partial charge is 0.307 e. The molecule has 2 saturated carbocycles. The number of hydrogen-bond acceptors (Lipinski definition) is 4. The summed E-state index contributed by atoms with van der Waals surface area (Å²) in [6.07, 6.45) is 9.06. The van der Waals surface area contributed by atoms with Crippen LogP contribution >= 0.6 is 0 Å². The topological polar surface area (TPSA) is 72.8 Å². The molecule has 3 aliphatic carbocycles. The van der Waals surface area contributed by atoms with Crippen LogP contribution in [0.1, 0.15) is 55.4 Å². The number of hydrogen-bond donors (Lipinski definition) is 1. The van der Waals surface area contributed by atoms with Gasteiger partial charge in [-0.05, 0) is 122 Å². The van der Waals surface area contributed by atoms with E-state index >= 15 is 0 Å². The maximum absolute atomic E-state index is 12.3. The van der Waals surface area contributed by atoms with Crippen molar-refractivity contribution in [1.29, 1.82) is 0 Å². The minimum Gasteiger partial charge on any atom is -0.493 e. The summed E-state index contributed by atoms with van der Waals surface area (Å²) in [5, 5.41) is 11.4. The minimum atomic E-state index is -1.87. The Labute approximate surface area is 251 Å². The van der Waals surface area contributed by atoms with E-state index in [0.29, 0.717) is 25.4 Å². The predicted molar refractivity (Wildman–Crippen MR) is 173 cm³/mol. The highest BCUT2D eigenvalue weighted by Gasteiger charge is 2.61. The number of carboxylic acid groups (broad SMARTS) is 1. The summed E-state index contributed by atoms with van der Waals surface area (Å²) in [6, 6.07) is 10.7. The van der Waals surface area contributed by atoms with Crippen molar-refractivity contribution in [3.05, 3.63) is 88.0 Å². The van der Waals surface area contributed by atoms with Crippen LogP contribution < -0.4 is 4.74 Å². The second-order valence-electron chi connectivity index (χ2n) is 12.1. The van der Waals surface area contributed by atoms with Crippen molar-refractivity contribution in [1.82, 2.24) is 0 Å². The fourth-order valence-electron chi connectivity index (χ4n) is 6.82. The lowest BCUT2D eigenvalue weighted by molar-refractivity contribution is -0.139. The van der Waals surface area contributed by atoms with Gasteiger partial charge in [0.25, 0.3) is 0 Å². The minimum absolute atomic E-state index is 0.169. The zero-order valence-corrected chi connectivity index (χ0v) is 26.4. The highest BCUT2D eigenvalue weighted by Crippen LogP contribution is 2.63. The number of fused-ring (bicyclic) bond motifs is 3. The summed E-state index contributed by atoms with van der Waals surface area (Å²) in [5.41, 5.74) is 10.5. The van der Waals surface area contributed by atoms with Crippen LogP contribution in [0.25, 0.3) is 11.1 Å². The van der Waals surface area contributed by atoms with Crippen molar-refractivity contribution < 1.29 is 23.6 Å². The second-order valence-corrected chi connectivity index (χ2v) is 15.1. The quantitative estimate of drug-likeness (QED) is 0.172. The Morgan fingerprint density at radius 3 is 2.71 bits per heavy atom. The first-order valence-electron chi connectivity index (χ1n) is 15.1. The molecule has 0 radical (unpaired) electrons. The molecule has 0 spiro atoms. The summed E-state index contributed by atoms with van der Waals surface area (Å²) in [6.45, 7) is 13.7. The molecule has 0 saturated heterocycles. The lowest BCUT2D eigenvalue weighted by Gasteiger charge is -2.20. The van der Waals surface area contributed by atoms with Gasteiger partial charge in [0, 0.05) is 24.3 Å². The van der Waals surface area contributed by atoms with Crippen molar-refractivity contribution in [3.8, 4) is 16.9 Å². The Bertz CT molecular complexity index is 1590. The molecule has 2 aromatic carbocycles. The third-order valence-corrected chi connectivity index (χ3v) is 11.4. The normalized spacial score (nSPS) is 24.1. The molecule has 6 heteroatoms. The molecule has 5 nitrogen and oxygen atoms in total. The summed E-state index contributed by atoms with van der Waals surface area (Å²) >= 11 is 0. The van der Waals surface area contributed by atoms with Crippen LogP contribution in [0, 0.1) is 31.6 Å². The number of ether oxygens (including phenoxy) is 2. The Kier molecular flexibility index (Phi) is 8.86. The SMILES string of the molecule is C=C1CC=C2C(=CC1OCc1cccc(-c3c(C)cc(OCCC=S(C)(=O)CC)c(CC)c3C)c1)CC1C(C(=O)O)C21. The molecule has 0 heterocycles. The van der Waals surface area contributed by atoms with Crippen LogP contribution in [0.5, 0.6) is 5.75 Å². The fourth-order valence-corrected chi connectivity index (χ4v) is 7.65. The van der Waals surface area contributed by atoms with Crippen molar-refractivity contribution in [2.24, 2.45) is 17.8 Å². The van der Waals surface area contributed by atoms with Crippen molar-refractivity contribution in [3.63, 3.8) is 0 Å². The first-order valence-corrected chi connectivity index (χ1v) is 17.3. The van der Waals surface area contributed by atoms with Crippen LogP contribution in [0.15, 0.2) is 65.8 Å². The highest BCUT2D eigenvalue weighted by atomic mass is 32.2. The van der Waals surface area contributed by atoms with Gasteiger partial charge in [-0.1, -0.05) is 44.7 Å². The third kappa shape index (κ3) is 6.16. The lowest BCUT2D eigenvalue weighted by Crippen LogP contribution is -2.13. The molecule has 3 aliphatic rings. The number of aryl methyl sites for hydroxylation is 1. The maximum Gasteiger partial charge on any atom is 0.307 e. The van der Waals surface area contributed by atoms with Gasteiger partial charge in [-0.2, -0.15) is 0 Å². The van der Waals surface area contributed by atoms with E-state index in [4.69, 9.17) is 9.47 Å². The summed E-state index contributed by atoms with van der Waals surface area (Å²) < 4.78 is 25.0. The number of aliphatic carboxylic acids is 1. The average Bonchev–Trinajstić information content (AvgIpc) is 3.60. The van der Waals surface area contributed by atoms with E-state index in [0.717, 1.165) is 47.3 Å². The van der Waals surface area contributed by atoms with E-state index in [-0.39, 0.29) is 23.9 Å². The van der Waals surface area contributed by atoms with Gasteiger partial charge in [0.15, 0.2) is 0 Å². The van der Waals surface area contributed by atoms with Gasteiger partial charge >= 0.3 is 5.97 Å². The van der Waals surface area contributed by atoms with E-state index in [1.807, 2.05) is 12.3 Å². The Morgan fingerprint density at radius 1 is 1.21 bits per heavy atom. The van der Waals surface area contributed by atoms with E-state index < -0.39 is 15.5 Å². The summed E-state index contributed by atoms with van der Waals surface area (Å²) in [7, 11) is -1.87. The maximum atomic E-state index is 12.3. The van der Waals surface area contributed by atoms with Gasteiger partial charge in [0.2, 0.25) is 0 Å². The molecule has 5 atom stereocenters. The molecular weight excluding hydrogens is 544 g/mol. The zero-order valence-electron chi connectivity index (χ0n) is 25.6. The fraction of sp³-hybridized carbons (Fsp3) is 0.444. The van der Waals surface area contributed by atoms with Gasteiger partial charge in [0.1, 0.15) is 5.75 Å². The average molecular weight is 589 g/mol. The standard InChI is InChI=1S/C36H44O5S/c1-7-28-24(5)33(23(4)17-32(28)40-15-10-16-42(6,39)8-2)26-12-9-11-25(18-26)21-41-31-20-27-19-30-34(35(30)36(37)38)29(27)14-13-22(31)3/h9,11-12,14,16-18,20,30-31,34-35H,3,7-8,10,13,15,19,21H2,1-2,4-6H3,(H,37,38). The number of rotatable bonds is 11. The van der Waals surface area contributed by atoms with E-state index in [1.165, 1.54) is 27.8 Å². The van der Waals surface area contributed by atoms with Crippen molar-refractivity contribution >= 4 is 20.9 Å². The molecule has 0 aliphatic heterocycles. The number of allylic oxidation sites excluding steroid dienone is 3. The summed E-state index contributed by atoms with van der Waals surface area (Å²) in [4.78, 5) is 11.5. The Morgan fingerprint density at radius 2 is 2.00 bits per heavy atom. The molecule has 0 aromatic heterocycles. The van der Waals surface area contributed by atoms with E-state index in [9.17, 15) is 14.1 Å². The van der Waals surface area contributed by atoms with Crippen LogP contribution in [0.2, 0.25) is 0 Å². The van der Waals surface area contributed by atoms with Crippen LogP contribution in [-0.4, -0.2) is 45.4 Å². The highest BCUT2D eigenvalue weighted by molar-refractivity contribution is 8.00. The molecule has 1 N–H and O–H groups in total. The Balaban J connectivity index is 1.29. The molecule has 5 unspecified atom stereocenters. The molecular formula is C36H44O5S. The van der Waals surface area contributed by atoms with Crippen molar-refractivity contribution in [2.45, 2.75) is 66.1 Å². The predicted octanol–water partition coefficient (Wildman–Crippen LogP) is 7.09. The van der Waals surface area contributed by atoms with Gasteiger partial charge in [0.05, 0.1) is 25.2 Å². The van der Waals surface area contributed by atoms with Crippen LogP contribution in [0.4, 0.5) is 0 Å². The molecule has 2 aromatic rings. The number of carbonyl (C=O) groups is 1. The molecule has 2 fully saturated rings. The monoisotopic (exact) mass is 588 g/mol. The van der Waals surface area contributed by atoms with Gasteiger partial charge in [-0.25, -0.2) is 0 Å². The molecule has 42 heavy (non-hydrogen) atoms.